The van der Waals surface area contributed by atoms with Gasteiger partial charge < -0.3 is 11.1 Å². The van der Waals surface area contributed by atoms with Crippen molar-refractivity contribution in [3.63, 3.8) is 0 Å². The Morgan fingerprint density at radius 1 is 1.50 bits per heavy atom. The molecular formula is C11H16N2O. The van der Waals surface area contributed by atoms with Crippen molar-refractivity contribution in [3.8, 4) is 0 Å². The quantitative estimate of drug-likeness (QED) is 0.705. The monoisotopic (exact) mass is 192 g/mol. The van der Waals surface area contributed by atoms with Crippen LogP contribution in [0, 0.1) is 6.92 Å². The van der Waals surface area contributed by atoms with Crippen molar-refractivity contribution in [2.75, 3.05) is 11.1 Å². The first-order chi connectivity index (χ1) is 6.54. The van der Waals surface area contributed by atoms with Crippen LogP contribution < -0.4 is 11.1 Å². The predicted octanol–water partition coefficient (Wildman–Crippen LogP) is 2.10. The highest BCUT2D eigenvalue weighted by molar-refractivity contribution is 5.90. The van der Waals surface area contributed by atoms with E-state index in [0.717, 1.165) is 28.9 Å². The molecule has 0 saturated heterocycles. The maximum absolute atomic E-state index is 11.0. The molecule has 0 radical (unpaired) electrons. The number of rotatable bonds is 2. The Bertz CT molecular complexity index is 359. The molecule has 0 spiro atoms. The van der Waals surface area contributed by atoms with Crippen LogP contribution in [0.4, 0.5) is 11.4 Å². The number of nitrogen functional groups attached to an aromatic ring is 1. The van der Waals surface area contributed by atoms with E-state index in [4.69, 9.17) is 5.73 Å². The van der Waals surface area contributed by atoms with E-state index in [1.807, 2.05) is 26.0 Å². The van der Waals surface area contributed by atoms with Crippen molar-refractivity contribution < 1.29 is 4.79 Å². The van der Waals surface area contributed by atoms with Gasteiger partial charge in [0, 0.05) is 18.3 Å². The maximum Gasteiger partial charge on any atom is 0.221 e. The summed E-state index contributed by atoms with van der Waals surface area (Å²) in [7, 11) is 0. The van der Waals surface area contributed by atoms with Gasteiger partial charge in [0.1, 0.15) is 0 Å². The molecule has 0 bridgehead atoms. The van der Waals surface area contributed by atoms with Gasteiger partial charge in [0.15, 0.2) is 0 Å². The second kappa shape index (κ2) is 4.13. The second-order valence-electron chi connectivity index (χ2n) is 3.41. The summed E-state index contributed by atoms with van der Waals surface area (Å²) in [5.74, 6) is -0.0485. The van der Waals surface area contributed by atoms with E-state index in [2.05, 4.69) is 5.32 Å². The highest BCUT2D eigenvalue weighted by Gasteiger charge is 2.06. The highest BCUT2D eigenvalue weighted by Crippen LogP contribution is 2.24. The van der Waals surface area contributed by atoms with Crippen molar-refractivity contribution in [2.45, 2.75) is 27.2 Å². The smallest absolute Gasteiger partial charge is 0.221 e. The molecular weight excluding hydrogens is 176 g/mol. The molecule has 3 heteroatoms. The molecule has 0 aromatic heterocycles. The Morgan fingerprint density at radius 2 is 2.14 bits per heavy atom. The van der Waals surface area contributed by atoms with E-state index in [1.165, 1.54) is 6.92 Å². The zero-order valence-corrected chi connectivity index (χ0v) is 8.85. The van der Waals surface area contributed by atoms with E-state index in [0.29, 0.717) is 0 Å². The minimum Gasteiger partial charge on any atom is -0.399 e. The molecule has 76 valence electrons. The fraction of sp³-hybridized carbons (Fsp3) is 0.364. The molecule has 1 aromatic rings. The van der Waals surface area contributed by atoms with Crippen LogP contribution in [0.25, 0.3) is 0 Å². The van der Waals surface area contributed by atoms with Crippen LogP contribution in [0.2, 0.25) is 0 Å². The number of hydrogen-bond acceptors (Lipinski definition) is 2. The number of benzene rings is 1. The molecule has 1 aromatic carbocycles. The van der Waals surface area contributed by atoms with Crippen LogP contribution in [0.15, 0.2) is 12.1 Å². The van der Waals surface area contributed by atoms with Gasteiger partial charge >= 0.3 is 0 Å². The maximum atomic E-state index is 11.0. The topological polar surface area (TPSA) is 55.1 Å². The molecule has 0 saturated carbocycles. The van der Waals surface area contributed by atoms with Crippen LogP contribution in [-0.2, 0) is 11.2 Å². The molecule has 0 aliphatic rings. The van der Waals surface area contributed by atoms with Crippen LogP contribution in [0.1, 0.15) is 25.0 Å². The zero-order valence-electron chi connectivity index (χ0n) is 8.85. The van der Waals surface area contributed by atoms with Crippen molar-refractivity contribution in [1.82, 2.24) is 0 Å². The highest BCUT2D eigenvalue weighted by atomic mass is 16.1. The fourth-order valence-electron chi connectivity index (χ4n) is 1.52. The molecule has 0 fully saturated rings. The number of anilines is 2. The molecule has 0 aliphatic carbocycles. The minimum atomic E-state index is -0.0485. The molecule has 3 N–H and O–H groups in total. The summed E-state index contributed by atoms with van der Waals surface area (Å²) in [5.41, 5.74) is 9.46. The first-order valence-electron chi connectivity index (χ1n) is 4.71. The number of carbonyl (C=O) groups excluding carboxylic acids is 1. The SMILES string of the molecule is CCc1cc(N)cc(C)c1NC(C)=O. The van der Waals surface area contributed by atoms with Crippen molar-refractivity contribution in [2.24, 2.45) is 0 Å². The molecule has 1 rings (SSSR count). The largest absolute Gasteiger partial charge is 0.399 e. The van der Waals surface area contributed by atoms with Gasteiger partial charge in [0.25, 0.3) is 0 Å². The van der Waals surface area contributed by atoms with E-state index >= 15 is 0 Å². The van der Waals surface area contributed by atoms with E-state index in [-0.39, 0.29) is 5.91 Å². The summed E-state index contributed by atoms with van der Waals surface area (Å²) < 4.78 is 0. The average Bonchev–Trinajstić information content (AvgIpc) is 2.08. The lowest BCUT2D eigenvalue weighted by molar-refractivity contribution is -0.114. The van der Waals surface area contributed by atoms with Gasteiger partial charge in [-0.1, -0.05) is 6.92 Å². The predicted molar refractivity (Wildman–Crippen MR) is 59.3 cm³/mol. The van der Waals surface area contributed by atoms with E-state index < -0.39 is 0 Å². The van der Waals surface area contributed by atoms with Crippen molar-refractivity contribution in [3.05, 3.63) is 23.3 Å². The molecule has 1 amide bonds. The second-order valence-corrected chi connectivity index (χ2v) is 3.41. The zero-order chi connectivity index (χ0) is 10.7. The number of amides is 1. The third-order valence-electron chi connectivity index (χ3n) is 2.12. The molecule has 3 nitrogen and oxygen atoms in total. The number of nitrogens with one attached hydrogen (secondary N) is 1. The lowest BCUT2D eigenvalue weighted by atomic mass is 10.0. The Hall–Kier alpha value is -1.51. The van der Waals surface area contributed by atoms with Crippen LogP contribution >= 0.6 is 0 Å². The first kappa shape index (κ1) is 10.6. The van der Waals surface area contributed by atoms with E-state index in [1.54, 1.807) is 0 Å². The summed E-state index contributed by atoms with van der Waals surface area (Å²) in [5, 5.41) is 2.83. The number of carbonyl (C=O) groups is 1. The van der Waals surface area contributed by atoms with Gasteiger partial charge in [-0.15, -0.1) is 0 Å². The van der Waals surface area contributed by atoms with Crippen molar-refractivity contribution in [1.29, 1.82) is 0 Å². The summed E-state index contributed by atoms with van der Waals surface area (Å²) in [4.78, 5) is 11.0. The third-order valence-corrected chi connectivity index (χ3v) is 2.12. The molecule has 14 heavy (non-hydrogen) atoms. The normalized spacial score (nSPS) is 9.93. The Labute approximate surface area is 84.3 Å². The lowest BCUT2D eigenvalue weighted by Gasteiger charge is -2.12. The van der Waals surface area contributed by atoms with Gasteiger partial charge in [-0.25, -0.2) is 0 Å². The van der Waals surface area contributed by atoms with E-state index in [9.17, 15) is 4.79 Å². The van der Waals surface area contributed by atoms with Gasteiger partial charge in [0.05, 0.1) is 0 Å². The van der Waals surface area contributed by atoms with Crippen LogP contribution in [0.5, 0.6) is 0 Å². The molecule has 0 unspecified atom stereocenters. The first-order valence-corrected chi connectivity index (χ1v) is 4.71. The van der Waals surface area contributed by atoms with Crippen molar-refractivity contribution >= 4 is 17.3 Å². The number of nitrogens with two attached hydrogens (primary N) is 1. The molecule has 0 aliphatic heterocycles. The standard InChI is InChI=1S/C11H16N2O/c1-4-9-6-10(12)5-7(2)11(9)13-8(3)14/h5-6H,4,12H2,1-3H3,(H,13,14). The Morgan fingerprint density at radius 3 is 2.64 bits per heavy atom. The summed E-state index contributed by atoms with van der Waals surface area (Å²) in [6, 6.07) is 3.77. The van der Waals surface area contributed by atoms with Crippen LogP contribution in [-0.4, -0.2) is 5.91 Å². The van der Waals surface area contributed by atoms with Gasteiger partial charge in [-0.3, -0.25) is 4.79 Å². The Kier molecular flexibility index (Phi) is 3.12. The summed E-state index contributed by atoms with van der Waals surface area (Å²) in [6.07, 6.45) is 0.863. The van der Waals surface area contributed by atoms with Crippen LogP contribution in [0.3, 0.4) is 0 Å². The molecule has 0 heterocycles. The van der Waals surface area contributed by atoms with Gasteiger partial charge in [-0.2, -0.15) is 0 Å². The average molecular weight is 192 g/mol. The Balaban J connectivity index is 3.18. The summed E-state index contributed by atoms with van der Waals surface area (Å²) in [6.45, 7) is 5.50. The number of aryl methyl sites for hydroxylation is 2. The summed E-state index contributed by atoms with van der Waals surface area (Å²) >= 11 is 0. The van der Waals surface area contributed by atoms with Gasteiger partial charge in [-0.05, 0) is 36.6 Å². The van der Waals surface area contributed by atoms with Gasteiger partial charge in [0.2, 0.25) is 5.91 Å². The minimum absolute atomic E-state index is 0.0485. The lowest BCUT2D eigenvalue weighted by Crippen LogP contribution is -2.10. The fourth-order valence-corrected chi connectivity index (χ4v) is 1.52. The number of hydrogen-bond donors (Lipinski definition) is 2. The molecule has 0 atom stereocenters. The third kappa shape index (κ3) is 2.25.